The molecule has 0 aromatic heterocycles. The fraction of sp³-hybridized carbons (Fsp3) is 0.250. The summed E-state index contributed by atoms with van der Waals surface area (Å²) in [7, 11) is 0. The van der Waals surface area contributed by atoms with E-state index in [1.54, 1.807) is 0 Å². The SMILES string of the molecule is CCOc1cc(CNCc2ccccc2)ccc1OCc1cccc(C)c1. The van der Waals surface area contributed by atoms with E-state index in [-0.39, 0.29) is 0 Å². The van der Waals surface area contributed by atoms with Crippen molar-refractivity contribution in [2.45, 2.75) is 33.5 Å². The Balaban J connectivity index is 1.61. The maximum atomic E-state index is 6.01. The Labute approximate surface area is 162 Å². The topological polar surface area (TPSA) is 30.5 Å². The van der Waals surface area contributed by atoms with Gasteiger partial charge in [0.2, 0.25) is 0 Å². The van der Waals surface area contributed by atoms with Crippen molar-refractivity contribution in [3.63, 3.8) is 0 Å². The quantitative estimate of drug-likeness (QED) is 0.564. The van der Waals surface area contributed by atoms with E-state index in [0.717, 1.165) is 30.2 Å². The molecule has 0 aliphatic carbocycles. The van der Waals surface area contributed by atoms with Crippen molar-refractivity contribution in [3.8, 4) is 11.5 Å². The van der Waals surface area contributed by atoms with Gasteiger partial charge in [-0.2, -0.15) is 0 Å². The molecule has 0 atom stereocenters. The Morgan fingerprint density at radius 2 is 1.48 bits per heavy atom. The number of hydrogen-bond donors (Lipinski definition) is 1. The van der Waals surface area contributed by atoms with Gasteiger partial charge in [0, 0.05) is 13.1 Å². The van der Waals surface area contributed by atoms with Crippen molar-refractivity contribution >= 4 is 0 Å². The average molecular weight is 361 g/mol. The van der Waals surface area contributed by atoms with Crippen molar-refractivity contribution in [3.05, 3.63) is 95.1 Å². The molecule has 3 rings (SSSR count). The van der Waals surface area contributed by atoms with Crippen LogP contribution in [0.3, 0.4) is 0 Å². The predicted octanol–water partition coefficient (Wildman–Crippen LogP) is 5.26. The van der Waals surface area contributed by atoms with E-state index in [4.69, 9.17) is 9.47 Å². The maximum Gasteiger partial charge on any atom is 0.161 e. The summed E-state index contributed by atoms with van der Waals surface area (Å²) in [6.45, 7) is 6.86. The Hall–Kier alpha value is -2.78. The third-order valence-electron chi connectivity index (χ3n) is 4.29. The van der Waals surface area contributed by atoms with Crippen LogP contribution in [0.2, 0.25) is 0 Å². The van der Waals surface area contributed by atoms with Crippen molar-refractivity contribution in [1.29, 1.82) is 0 Å². The lowest BCUT2D eigenvalue weighted by molar-refractivity contribution is 0.269. The first-order valence-electron chi connectivity index (χ1n) is 9.43. The van der Waals surface area contributed by atoms with Gasteiger partial charge in [0.05, 0.1) is 6.61 Å². The molecule has 0 heterocycles. The van der Waals surface area contributed by atoms with Crippen molar-refractivity contribution in [1.82, 2.24) is 5.32 Å². The Bertz CT molecular complexity index is 846. The van der Waals surface area contributed by atoms with Gasteiger partial charge in [-0.05, 0) is 42.7 Å². The zero-order valence-corrected chi connectivity index (χ0v) is 16.1. The molecule has 0 saturated carbocycles. The van der Waals surface area contributed by atoms with Crippen LogP contribution in [0.25, 0.3) is 0 Å². The van der Waals surface area contributed by atoms with E-state index >= 15 is 0 Å². The monoisotopic (exact) mass is 361 g/mol. The fourth-order valence-electron chi connectivity index (χ4n) is 2.96. The molecule has 3 aromatic carbocycles. The molecular weight excluding hydrogens is 334 g/mol. The minimum absolute atomic E-state index is 0.535. The van der Waals surface area contributed by atoms with E-state index in [9.17, 15) is 0 Å². The fourth-order valence-corrected chi connectivity index (χ4v) is 2.96. The lowest BCUT2D eigenvalue weighted by Gasteiger charge is -2.14. The standard InChI is InChI=1S/C24H27NO2/c1-3-26-24-15-21(17-25-16-20-9-5-4-6-10-20)12-13-23(24)27-18-22-11-7-8-19(2)14-22/h4-15,25H,3,16-18H2,1-2H3. The van der Waals surface area contributed by atoms with Crippen LogP contribution in [0.1, 0.15) is 29.2 Å². The van der Waals surface area contributed by atoms with Crippen molar-refractivity contribution in [2.24, 2.45) is 0 Å². The first-order chi connectivity index (χ1) is 13.2. The molecule has 3 aromatic rings. The highest BCUT2D eigenvalue weighted by molar-refractivity contribution is 5.43. The normalized spacial score (nSPS) is 10.6. The Morgan fingerprint density at radius 1 is 0.704 bits per heavy atom. The van der Waals surface area contributed by atoms with E-state index in [0.29, 0.717) is 13.2 Å². The van der Waals surface area contributed by atoms with Gasteiger partial charge in [-0.25, -0.2) is 0 Å². The lowest BCUT2D eigenvalue weighted by Crippen LogP contribution is -2.12. The molecule has 3 heteroatoms. The Morgan fingerprint density at radius 3 is 2.26 bits per heavy atom. The molecule has 140 valence electrons. The number of aryl methyl sites for hydroxylation is 1. The first-order valence-corrected chi connectivity index (χ1v) is 9.43. The molecule has 0 spiro atoms. The summed E-state index contributed by atoms with van der Waals surface area (Å²) in [6.07, 6.45) is 0. The largest absolute Gasteiger partial charge is 0.490 e. The summed E-state index contributed by atoms with van der Waals surface area (Å²) < 4.78 is 11.8. The van der Waals surface area contributed by atoms with Gasteiger partial charge in [-0.1, -0.05) is 66.2 Å². The zero-order valence-electron chi connectivity index (χ0n) is 16.1. The smallest absolute Gasteiger partial charge is 0.161 e. The zero-order chi connectivity index (χ0) is 18.9. The van der Waals surface area contributed by atoms with Gasteiger partial charge in [-0.3, -0.25) is 0 Å². The van der Waals surface area contributed by atoms with Crippen LogP contribution in [0.4, 0.5) is 0 Å². The summed E-state index contributed by atoms with van der Waals surface area (Å²) >= 11 is 0. The molecule has 27 heavy (non-hydrogen) atoms. The molecular formula is C24H27NO2. The molecule has 0 unspecified atom stereocenters. The minimum atomic E-state index is 0.535. The van der Waals surface area contributed by atoms with Gasteiger partial charge in [0.15, 0.2) is 11.5 Å². The van der Waals surface area contributed by atoms with Gasteiger partial charge >= 0.3 is 0 Å². The molecule has 0 fully saturated rings. The van der Waals surface area contributed by atoms with Crippen LogP contribution >= 0.6 is 0 Å². The molecule has 0 bridgehead atoms. The predicted molar refractivity (Wildman–Crippen MR) is 110 cm³/mol. The minimum Gasteiger partial charge on any atom is -0.490 e. The molecule has 3 nitrogen and oxygen atoms in total. The number of hydrogen-bond acceptors (Lipinski definition) is 3. The number of nitrogens with one attached hydrogen (secondary N) is 1. The van der Waals surface area contributed by atoms with Crippen LogP contribution in [0.15, 0.2) is 72.8 Å². The third kappa shape index (κ3) is 5.87. The number of benzene rings is 3. The maximum absolute atomic E-state index is 6.01. The summed E-state index contributed by atoms with van der Waals surface area (Å²) in [5.74, 6) is 1.58. The second-order valence-electron chi connectivity index (χ2n) is 6.58. The molecule has 0 radical (unpaired) electrons. The molecule has 0 amide bonds. The summed E-state index contributed by atoms with van der Waals surface area (Å²) in [4.78, 5) is 0. The Kier molecular flexibility index (Phi) is 6.89. The first kappa shape index (κ1) is 19.0. The van der Waals surface area contributed by atoms with E-state index in [1.165, 1.54) is 16.7 Å². The molecule has 0 aliphatic rings. The van der Waals surface area contributed by atoms with Gasteiger partial charge in [-0.15, -0.1) is 0 Å². The highest BCUT2D eigenvalue weighted by atomic mass is 16.5. The van der Waals surface area contributed by atoms with Crippen molar-refractivity contribution in [2.75, 3.05) is 6.61 Å². The molecule has 0 saturated heterocycles. The second kappa shape index (κ2) is 9.79. The van der Waals surface area contributed by atoms with Crippen LogP contribution in [0.5, 0.6) is 11.5 Å². The van der Waals surface area contributed by atoms with Crippen molar-refractivity contribution < 1.29 is 9.47 Å². The van der Waals surface area contributed by atoms with E-state index < -0.39 is 0 Å². The van der Waals surface area contributed by atoms with Crippen LogP contribution < -0.4 is 14.8 Å². The van der Waals surface area contributed by atoms with Gasteiger partial charge < -0.3 is 14.8 Å². The highest BCUT2D eigenvalue weighted by Crippen LogP contribution is 2.29. The summed E-state index contributed by atoms with van der Waals surface area (Å²) in [6, 6.07) is 24.9. The number of rotatable bonds is 9. The van der Waals surface area contributed by atoms with Crippen LogP contribution in [-0.2, 0) is 19.7 Å². The highest BCUT2D eigenvalue weighted by Gasteiger charge is 2.07. The molecule has 1 N–H and O–H groups in total. The number of ether oxygens (including phenoxy) is 2. The van der Waals surface area contributed by atoms with E-state index in [1.807, 2.05) is 19.1 Å². The summed E-state index contributed by atoms with van der Waals surface area (Å²) in [5.41, 5.74) is 4.85. The third-order valence-corrected chi connectivity index (χ3v) is 4.29. The lowest BCUT2D eigenvalue weighted by atomic mass is 10.1. The van der Waals surface area contributed by atoms with Gasteiger partial charge in [0.1, 0.15) is 6.61 Å². The van der Waals surface area contributed by atoms with Gasteiger partial charge in [0.25, 0.3) is 0 Å². The average Bonchev–Trinajstić information content (AvgIpc) is 2.68. The summed E-state index contributed by atoms with van der Waals surface area (Å²) in [5, 5.41) is 3.47. The van der Waals surface area contributed by atoms with E-state index in [2.05, 4.69) is 72.9 Å². The van der Waals surface area contributed by atoms with Crippen LogP contribution in [-0.4, -0.2) is 6.61 Å². The second-order valence-corrected chi connectivity index (χ2v) is 6.58. The molecule has 0 aliphatic heterocycles. The van der Waals surface area contributed by atoms with Crippen LogP contribution in [0, 0.1) is 6.92 Å².